The van der Waals surface area contributed by atoms with Crippen LogP contribution in [0.3, 0.4) is 0 Å². The van der Waals surface area contributed by atoms with Crippen LogP contribution in [0.5, 0.6) is 0 Å². The second-order valence-electron chi connectivity index (χ2n) is 6.12. The van der Waals surface area contributed by atoms with Crippen molar-refractivity contribution in [3.8, 4) is 0 Å². The second kappa shape index (κ2) is 7.43. The maximum atomic E-state index is 12.0. The summed E-state index contributed by atoms with van der Waals surface area (Å²) < 4.78 is 15.4. The summed E-state index contributed by atoms with van der Waals surface area (Å²) in [5.41, 5.74) is 0.376. The van der Waals surface area contributed by atoms with Crippen molar-refractivity contribution in [1.82, 2.24) is 0 Å². The molecule has 4 rings (SSSR count). The van der Waals surface area contributed by atoms with Crippen molar-refractivity contribution >= 4 is 39.7 Å². The summed E-state index contributed by atoms with van der Waals surface area (Å²) in [6.07, 6.45) is 2.36. The zero-order valence-electron chi connectivity index (χ0n) is 14.9. The minimum Gasteiger partial charge on any atom is -0.458 e. The molecule has 2 heterocycles. The van der Waals surface area contributed by atoms with E-state index >= 15 is 0 Å². The highest BCUT2D eigenvalue weighted by Crippen LogP contribution is 2.27. The number of rotatable bonds is 5. The van der Waals surface area contributed by atoms with Crippen molar-refractivity contribution in [2.45, 2.75) is 6.61 Å². The first kappa shape index (κ1) is 18.2. The molecule has 2 aromatic heterocycles. The zero-order valence-corrected chi connectivity index (χ0v) is 14.9. The molecule has 2 aromatic carbocycles. The van der Waals surface area contributed by atoms with Crippen LogP contribution in [0.15, 0.2) is 74.3 Å². The molecule has 0 unspecified atom stereocenters. The van der Waals surface area contributed by atoms with E-state index in [9.17, 15) is 19.7 Å². The third-order valence-corrected chi connectivity index (χ3v) is 4.26. The van der Waals surface area contributed by atoms with E-state index in [1.807, 2.05) is 30.3 Å². The largest absolute Gasteiger partial charge is 0.458 e. The highest BCUT2D eigenvalue weighted by atomic mass is 16.6. The fourth-order valence-corrected chi connectivity index (χ4v) is 3.01. The van der Waals surface area contributed by atoms with Crippen LogP contribution in [0.25, 0.3) is 27.8 Å². The Balaban J connectivity index is 1.58. The van der Waals surface area contributed by atoms with Gasteiger partial charge in [-0.1, -0.05) is 30.3 Å². The predicted octanol–water partition coefficient (Wildman–Crippen LogP) is 4.20. The maximum Gasteiger partial charge on any atom is 0.433 e. The van der Waals surface area contributed by atoms with Gasteiger partial charge in [-0.2, -0.15) is 0 Å². The lowest BCUT2D eigenvalue weighted by Crippen LogP contribution is -2.06. The molecule has 144 valence electrons. The number of carbonyl (C=O) groups excluding carboxylic acids is 1. The molecule has 0 aliphatic carbocycles. The molecule has 8 heteroatoms. The smallest absolute Gasteiger partial charge is 0.433 e. The number of carbonyl (C=O) groups is 1. The average Bonchev–Trinajstić information content (AvgIpc) is 3.19. The van der Waals surface area contributed by atoms with Crippen LogP contribution in [-0.2, 0) is 16.1 Å². The minimum absolute atomic E-state index is 0.141. The number of nitrogens with zero attached hydrogens (tertiary/aromatic N) is 1. The summed E-state index contributed by atoms with van der Waals surface area (Å²) in [5, 5.41) is 13.1. The van der Waals surface area contributed by atoms with Gasteiger partial charge in [-0.25, -0.2) is 9.59 Å². The van der Waals surface area contributed by atoms with Crippen molar-refractivity contribution in [1.29, 1.82) is 0 Å². The van der Waals surface area contributed by atoms with Gasteiger partial charge in [0.2, 0.25) is 0 Å². The van der Waals surface area contributed by atoms with Crippen LogP contribution >= 0.6 is 0 Å². The lowest BCUT2D eigenvalue weighted by Gasteiger charge is -2.08. The minimum atomic E-state index is -0.689. The Bertz CT molecular complexity index is 1330. The number of esters is 1. The summed E-state index contributed by atoms with van der Waals surface area (Å²) in [7, 11) is 0. The Labute approximate surface area is 162 Å². The Morgan fingerprint density at radius 2 is 1.93 bits per heavy atom. The maximum absolute atomic E-state index is 12.0. The molecule has 8 nitrogen and oxygen atoms in total. The van der Waals surface area contributed by atoms with E-state index in [0.29, 0.717) is 16.5 Å². The average molecular weight is 391 g/mol. The molecule has 0 spiro atoms. The molecule has 0 aliphatic heterocycles. The summed E-state index contributed by atoms with van der Waals surface area (Å²) in [4.78, 5) is 33.8. The van der Waals surface area contributed by atoms with Crippen molar-refractivity contribution < 1.29 is 23.3 Å². The normalized spacial score (nSPS) is 11.3. The third kappa shape index (κ3) is 3.77. The number of nitro groups is 1. The van der Waals surface area contributed by atoms with Gasteiger partial charge in [0.15, 0.2) is 0 Å². The SMILES string of the molecule is O=C(/C=C/c1ccc([N+](=O)[O-])o1)OCc1cc(=O)oc2ccc3ccccc3c12. The van der Waals surface area contributed by atoms with Gasteiger partial charge in [-0.3, -0.25) is 10.1 Å². The molecule has 0 amide bonds. The number of ether oxygens (including phenoxy) is 1. The molecule has 0 N–H and O–H groups in total. The summed E-state index contributed by atoms with van der Waals surface area (Å²) in [6.45, 7) is -0.141. The van der Waals surface area contributed by atoms with E-state index in [1.165, 1.54) is 24.3 Å². The fraction of sp³-hybridized carbons (Fsp3) is 0.0476. The van der Waals surface area contributed by atoms with E-state index in [2.05, 4.69) is 0 Å². The molecule has 0 saturated heterocycles. The first-order valence-electron chi connectivity index (χ1n) is 8.55. The number of hydrogen-bond donors (Lipinski definition) is 0. The molecular weight excluding hydrogens is 378 g/mol. The molecule has 0 aliphatic rings. The van der Waals surface area contributed by atoms with Crippen LogP contribution < -0.4 is 5.63 Å². The van der Waals surface area contributed by atoms with E-state index in [1.54, 1.807) is 6.07 Å². The molecule has 0 bridgehead atoms. The van der Waals surface area contributed by atoms with Crippen molar-refractivity contribution in [3.05, 3.63) is 92.5 Å². The monoisotopic (exact) mass is 391 g/mol. The quantitative estimate of drug-likeness (QED) is 0.125. The highest BCUT2D eigenvalue weighted by molar-refractivity contribution is 6.07. The van der Waals surface area contributed by atoms with Crippen LogP contribution in [-0.4, -0.2) is 10.9 Å². The van der Waals surface area contributed by atoms with Crippen LogP contribution in [0.1, 0.15) is 11.3 Å². The lowest BCUT2D eigenvalue weighted by molar-refractivity contribution is -0.402. The van der Waals surface area contributed by atoms with Gasteiger partial charge in [0.05, 0.1) is 6.07 Å². The number of hydrogen-bond acceptors (Lipinski definition) is 7. The van der Waals surface area contributed by atoms with Gasteiger partial charge in [0.25, 0.3) is 0 Å². The van der Waals surface area contributed by atoms with Gasteiger partial charge in [0.1, 0.15) is 22.9 Å². The van der Waals surface area contributed by atoms with E-state index in [0.717, 1.165) is 16.8 Å². The molecular formula is C21H13NO7. The second-order valence-corrected chi connectivity index (χ2v) is 6.12. The molecule has 0 fully saturated rings. The fourth-order valence-electron chi connectivity index (χ4n) is 3.01. The molecule has 0 atom stereocenters. The predicted molar refractivity (Wildman–Crippen MR) is 104 cm³/mol. The standard InChI is InChI=1S/C21H13NO7/c23-19(10-7-15-6-9-18(28-15)22(25)26)27-12-14-11-20(24)29-17-8-5-13-3-1-2-4-16(13)21(14)17/h1-11H,12H2/b10-7+. The summed E-state index contributed by atoms with van der Waals surface area (Å²) in [5.74, 6) is -0.969. The molecule has 4 aromatic rings. The highest BCUT2D eigenvalue weighted by Gasteiger charge is 2.12. The van der Waals surface area contributed by atoms with E-state index in [-0.39, 0.29) is 12.4 Å². The van der Waals surface area contributed by atoms with Gasteiger partial charge in [0, 0.05) is 23.1 Å². The zero-order chi connectivity index (χ0) is 20.4. The Morgan fingerprint density at radius 3 is 2.72 bits per heavy atom. The van der Waals surface area contributed by atoms with Crippen LogP contribution in [0.4, 0.5) is 5.88 Å². The Kier molecular flexibility index (Phi) is 4.66. The van der Waals surface area contributed by atoms with E-state index < -0.39 is 22.4 Å². The van der Waals surface area contributed by atoms with Crippen molar-refractivity contribution in [3.63, 3.8) is 0 Å². The molecule has 0 radical (unpaired) electrons. The first-order chi connectivity index (χ1) is 14.0. The third-order valence-electron chi connectivity index (χ3n) is 4.26. The molecule has 0 saturated carbocycles. The Hall–Kier alpha value is -4.20. The van der Waals surface area contributed by atoms with Crippen LogP contribution in [0, 0.1) is 10.1 Å². The Morgan fingerprint density at radius 1 is 1.10 bits per heavy atom. The number of benzene rings is 2. The van der Waals surface area contributed by atoms with Gasteiger partial charge >= 0.3 is 17.5 Å². The summed E-state index contributed by atoms with van der Waals surface area (Å²) in [6, 6.07) is 15.0. The first-order valence-corrected chi connectivity index (χ1v) is 8.55. The topological polar surface area (TPSA) is 113 Å². The van der Waals surface area contributed by atoms with Gasteiger partial charge < -0.3 is 13.6 Å². The van der Waals surface area contributed by atoms with E-state index in [4.69, 9.17) is 13.6 Å². The molecule has 29 heavy (non-hydrogen) atoms. The summed E-state index contributed by atoms with van der Waals surface area (Å²) >= 11 is 0. The number of furan rings is 1. The van der Waals surface area contributed by atoms with Gasteiger partial charge in [-0.15, -0.1) is 0 Å². The number of fused-ring (bicyclic) bond motifs is 3. The lowest BCUT2D eigenvalue weighted by atomic mass is 10.0. The van der Waals surface area contributed by atoms with Crippen molar-refractivity contribution in [2.75, 3.05) is 0 Å². The van der Waals surface area contributed by atoms with Gasteiger partial charge in [-0.05, 0) is 29.0 Å². The van der Waals surface area contributed by atoms with Crippen LogP contribution in [0.2, 0.25) is 0 Å². The van der Waals surface area contributed by atoms with Crippen molar-refractivity contribution in [2.24, 2.45) is 0 Å².